The van der Waals surface area contributed by atoms with Gasteiger partial charge in [-0.3, -0.25) is 14.6 Å². The van der Waals surface area contributed by atoms with Crippen LogP contribution in [0.1, 0.15) is 16.9 Å². The number of carbonyl (C=O) groups is 1. The van der Waals surface area contributed by atoms with Crippen LogP contribution in [0.2, 0.25) is 0 Å². The Balaban J connectivity index is 1.50. The minimum absolute atomic E-state index is 0.106. The molecule has 7 nitrogen and oxygen atoms in total. The predicted molar refractivity (Wildman–Crippen MR) is 102 cm³/mol. The number of anilines is 1. The fourth-order valence-corrected chi connectivity index (χ4v) is 3.87. The highest BCUT2D eigenvalue weighted by molar-refractivity contribution is 7.09. The van der Waals surface area contributed by atoms with Gasteiger partial charge in [-0.1, -0.05) is 6.07 Å². The quantitative estimate of drug-likeness (QED) is 0.791. The maximum absolute atomic E-state index is 10.8. The minimum Gasteiger partial charge on any atom is -0.480 e. The highest BCUT2D eigenvalue weighted by atomic mass is 32.1. The van der Waals surface area contributed by atoms with Crippen molar-refractivity contribution in [1.82, 2.24) is 19.8 Å². The number of carboxylic acids is 1. The van der Waals surface area contributed by atoms with Gasteiger partial charge in [-0.15, -0.1) is 11.3 Å². The van der Waals surface area contributed by atoms with E-state index in [9.17, 15) is 4.79 Å². The Bertz CT molecular complexity index is 692. The first-order chi connectivity index (χ1) is 12.6. The first-order valence-corrected chi connectivity index (χ1v) is 9.69. The summed E-state index contributed by atoms with van der Waals surface area (Å²) in [4.78, 5) is 27.3. The van der Waals surface area contributed by atoms with Crippen LogP contribution >= 0.6 is 11.3 Å². The average molecular weight is 375 g/mol. The third-order valence-corrected chi connectivity index (χ3v) is 5.31. The zero-order valence-electron chi connectivity index (χ0n) is 15.0. The van der Waals surface area contributed by atoms with E-state index in [4.69, 9.17) is 5.11 Å². The highest BCUT2D eigenvalue weighted by Crippen LogP contribution is 2.15. The molecule has 0 bridgehead atoms. The molecule has 140 valence electrons. The van der Waals surface area contributed by atoms with Gasteiger partial charge in [-0.25, -0.2) is 9.97 Å². The molecule has 0 aliphatic carbocycles. The molecule has 2 aromatic rings. The second kappa shape index (κ2) is 9.07. The number of thiophene rings is 1. The molecule has 1 N–H and O–H groups in total. The smallest absolute Gasteiger partial charge is 0.323 e. The number of aromatic nitrogens is 2. The summed E-state index contributed by atoms with van der Waals surface area (Å²) in [6, 6.07) is 4.31. The zero-order chi connectivity index (χ0) is 18.4. The molecule has 8 heteroatoms. The maximum Gasteiger partial charge on any atom is 0.323 e. The molecule has 3 heterocycles. The third kappa shape index (κ3) is 5.48. The number of hydrogen-bond acceptors (Lipinski definition) is 7. The van der Waals surface area contributed by atoms with Crippen LogP contribution in [0.15, 0.2) is 29.9 Å². The van der Waals surface area contributed by atoms with E-state index in [0.717, 1.165) is 51.3 Å². The summed E-state index contributed by atoms with van der Waals surface area (Å²) in [5.41, 5.74) is 1.06. The largest absolute Gasteiger partial charge is 0.480 e. The van der Waals surface area contributed by atoms with Crippen LogP contribution in [0.4, 0.5) is 5.95 Å². The molecule has 1 saturated heterocycles. The zero-order valence-corrected chi connectivity index (χ0v) is 15.9. The molecule has 26 heavy (non-hydrogen) atoms. The van der Waals surface area contributed by atoms with Crippen molar-refractivity contribution >= 4 is 23.3 Å². The first kappa shape index (κ1) is 18.8. The van der Waals surface area contributed by atoms with Crippen molar-refractivity contribution in [2.75, 3.05) is 44.7 Å². The van der Waals surface area contributed by atoms with Gasteiger partial charge in [0, 0.05) is 56.1 Å². The van der Waals surface area contributed by atoms with Gasteiger partial charge >= 0.3 is 5.97 Å². The number of hydrogen-bond donors (Lipinski definition) is 1. The van der Waals surface area contributed by atoms with Crippen molar-refractivity contribution in [3.63, 3.8) is 0 Å². The van der Waals surface area contributed by atoms with E-state index < -0.39 is 5.97 Å². The summed E-state index contributed by atoms with van der Waals surface area (Å²) in [5, 5.41) is 11.0. The fourth-order valence-electron chi connectivity index (χ4n) is 3.12. The van der Waals surface area contributed by atoms with Gasteiger partial charge < -0.3 is 10.0 Å². The van der Waals surface area contributed by atoms with Crippen LogP contribution in [0, 0.1) is 0 Å². The fraction of sp³-hybridized carbons (Fsp3) is 0.500. The maximum atomic E-state index is 10.8. The van der Waals surface area contributed by atoms with Crippen LogP contribution < -0.4 is 4.90 Å². The molecule has 1 aliphatic heterocycles. The van der Waals surface area contributed by atoms with Crippen molar-refractivity contribution < 1.29 is 9.90 Å². The molecule has 0 saturated carbocycles. The number of carboxylic acid groups (broad SMARTS) is 1. The van der Waals surface area contributed by atoms with Crippen LogP contribution in [-0.2, 0) is 17.9 Å². The summed E-state index contributed by atoms with van der Waals surface area (Å²) in [7, 11) is 1.68. The Morgan fingerprint density at radius 3 is 2.50 bits per heavy atom. The van der Waals surface area contributed by atoms with Gasteiger partial charge in [0.15, 0.2) is 0 Å². The molecule has 1 aliphatic rings. The van der Waals surface area contributed by atoms with E-state index in [-0.39, 0.29) is 6.54 Å². The molecule has 0 unspecified atom stereocenters. The molecule has 0 radical (unpaired) electrons. The van der Waals surface area contributed by atoms with Crippen LogP contribution in [0.25, 0.3) is 0 Å². The SMILES string of the molecule is CN(CC(=O)O)c1ncc(CN2CCCN(Cc3cccs3)CC2)cn1. The van der Waals surface area contributed by atoms with E-state index in [1.54, 1.807) is 19.4 Å². The van der Waals surface area contributed by atoms with Crippen molar-refractivity contribution in [3.8, 4) is 0 Å². The third-order valence-electron chi connectivity index (χ3n) is 4.45. The Kier molecular flexibility index (Phi) is 6.54. The Labute approximate surface area is 157 Å². The monoisotopic (exact) mass is 375 g/mol. The Morgan fingerprint density at radius 2 is 1.88 bits per heavy atom. The lowest BCUT2D eigenvalue weighted by Crippen LogP contribution is -2.30. The lowest BCUT2D eigenvalue weighted by Gasteiger charge is -2.21. The molecule has 0 spiro atoms. The number of likely N-dealkylation sites (N-methyl/N-ethyl adjacent to an activating group) is 1. The summed E-state index contributed by atoms with van der Waals surface area (Å²) in [6.07, 6.45) is 4.76. The predicted octanol–water partition coefficient (Wildman–Crippen LogP) is 1.77. The first-order valence-electron chi connectivity index (χ1n) is 8.81. The molecular weight excluding hydrogens is 350 g/mol. The summed E-state index contributed by atoms with van der Waals surface area (Å²) < 4.78 is 0. The molecule has 3 rings (SSSR count). The van der Waals surface area contributed by atoms with E-state index in [1.807, 2.05) is 11.3 Å². The van der Waals surface area contributed by atoms with Crippen LogP contribution in [0.5, 0.6) is 0 Å². The molecule has 0 atom stereocenters. The van der Waals surface area contributed by atoms with Crippen molar-refractivity contribution in [2.45, 2.75) is 19.5 Å². The lowest BCUT2D eigenvalue weighted by atomic mass is 10.3. The normalized spacial score (nSPS) is 16.3. The Morgan fingerprint density at radius 1 is 1.19 bits per heavy atom. The second-order valence-electron chi connectivity index (χ2n) is 6.63. The van der Waals surface area contributed by atoms with E-state index in [0.29, 0.717) is 5.95 Å². The summed E-state index contributed by atoms with van der Waals surface area (Å²) in [5.74, 6) is -0.453. The van der Waals surface area contributed by atoms with Gasteiger partial charge in [0.2, 0.25) is 5.95 Å². The van der Waals surface area contributed by atoms with Crippen molar-refractivity contribution in [2.24, 2.45) is 0 Å². The van der Waals surface area contributed by atoms with Gasteiger partial charge in [0.25, 0.3) is 0 Å². The standard InChI is InChI=1S/C18H25N5O2S/c1-21(14-17(24)25)18-19-10-15(11-20-18)12-22-5-3-6-23(8-7-22)13-16-4-2-9-26-16/h2,4,9-11H,3,5-8,12-14H2,1H3,(H,24,25). The molecular formula is C18H25N5O2S. The van der Waals surface area contributed by atoms with E-state index in [1.165, 1.54) is 9.78 Å². The van der Waals surface area contributed by atoms with E-state index in [2.05, 4.69) is 37.3 Å². The highest BCUT2D eigenvalue weighted by Gasteiger charge is 2.16. The molecule has 1 fully saturated rings. The van der Waals surface area contributed by atoms with Gasteiger partial charge in [0.1, 0.15) is 6.54 Å². The van der Waals surface area contributed by atoms with Crippen LogP contribution in [-0.4, -0.2) is 70.6 Å². The van der Waals surface area contributed by atoms with E-state index >= 15 is 0 Å². The summed E-state index contributed by atoms with van der Waals surface area (Å²) >= 11 is 1.82. The topological polar surface area (TPSA) is 72.8 Å². The number of aliphatic carboxylic acids is 1. The van der Waals surface area contributed by atoms with Crippen molar-refractivity contribution in [3.05, 3.63) is 40.3 Å². The number of nitrogens with zero attached hydrogens (tertiary/aromatic N) is 5. The minimum atomic E-state index is -0.892. The molecule has 0 amide bonds. The molecule has 2 aromatic heterocycles. The second-order valence-corrected chi connectivity index (χ2v) is 7.66. The molecule has 0 aromatic carbocycles. The summed E-state index contributed by atoms with van der Waals surface area (Å²) in [6.45, 7) is 6.07. The number of rotatable bonds is 7. The van der Waals surface area contributed by atoms with Gasteiger partial charge in [-0.2, -0.15) is 0 Å². The van der Waals surface area contributed by atoms with Crippen LogP contribution in [0.3, 0.4) is 0 Å². The average Bonchev–Trinajstić information content (AvgIpc) is 3.02. The van der Waals surface area contributed by atoms with Gasteiger partial charge in [0.05, 0.1) is 0 Å². The van der Waals surface area contributed by atoms with Crippen molar-refractivity contribution in [1.29, 1.82) is 0 Å². The van der Waals surface area contributed by atoms with Gasteiger partial charge in [-0.05, 0) is 31.0 Å². The lowest BCUT2D eigenvalue weighted by molar-refractivity contribution is -0.135. The Hall–Kier alpha value is -2.03.